The second-order valence-corrected chi connectivity index (χ2v) is 8.92. The van der Waals surface area contributed by atoms with Crippen molar-refractivity contribution < 1.29 is 13.2 Å². The third-order valence-corrected chi connectivity index (χ3v) is 6.18. The lowest BCUT2D eigenvalue weighted by Crippen LogP contribution is -2.47. The van der Waals surface area contributed by atoms with Crippen molar-refractivity contribution in [2.75, 3.05) is 39.0 Å². The van der Waals surface area contributed by atoms with E-state index in [9.17, 15) is 13.2 Å². The van der Waals surface area contributed by atoms with Crippen molar-refractivity contribution in [3.05, 3.63) is 0 Å². The standard InChI is InChI=1S/C16H31N5O3S.HI/c1-3-18-16(20-8-4-6-13(12-20)10-15(17)22)19-11-14-7-5-9-21(14)25(2,23)24;/h13-14H,3-12H2,1-2H3,(H2,17,22)(H,18,19);1H/t13?,14-;/m1./s1. The highest BCUT2D eigenvalue weighted by atomic mass is 127. The molecule has 10 heteroatoms. The van der Waals surface area contributed by atoms with Gasteiger partial charge in [0, 0.05) is 38.6 Å². The zero-order valence-corrected chi connectivity index (χ0v) is 18.8. The molecule has 2 heterocycles. The highest BCUT2D eigenvalue weighted by molar-refractivity contribution is 14.0. The summed E-state index contributed by atoms with van der Waals surface area (Å²) in [6, 6.07) is -0.0603. The van der Waals surface area contributed by atoms with Crippen molar-refractivity contribution in [1.82, 2.24) is 14.5 Å². The number of amides is 1. The van der Waals surface area contributed by atoms with Crippen LogP contribution < -0.4 is 11.1 Å². The van der Waals surface area contributed by atoms with Gasteiger partial charge < -0.3 is 16.0 Å². The van der Waals surface area contributed by atoms with Crippen molar-refractivity contribution in [3.63, 3.8) is 0 Å². The number of hydrogen-bond acceptors (Lipinski definition) is 4. The van der Waals surface area contributed by atoms with Crippen LogP contribution in [0, 0.1) is 5.92 Å². The third kappa shape index (κ3) is 6.84. The Kier molecular flexibility index (Phi) is 9.59. The molecular formula is C16H32IN5O3S. The summed E-state index contributed by atoms with van der Waals surface area (Å²) in [7, 11) is -3.18. The maximum Gasteiger partial charge on any atom is 0.217 e. The molecule has 8 nitrogen and oxygen atoms in total. The normalized spacial score (nSPS) is 25.0. The molecular weight excluding hydrogens is 469 g/mol. The Hall–Kier alpha value is -0.620. The third-order valence-electron chi connectivity index (χ3n) is 4.84. The van der Waals surface area contributed by atoms with Gasteiger partial charge in [-0.05, 0) is 38.5 Å². The SMILES string of the molecule is CCNC(=NC[C@H]1CCCN1S(C)(=O)=O)N1CCCC(CC(N)=O)C1.I. The van der Waals surface area contributed by atoms with E-state index in [1.54, 1.807) is 4.31 Å². The summed E-state index contributed by atoms with van der Waals surface area (Å²) >= 11 is 0. The van der Waals surface area contributed by atoms with E-state index in [0.717, 1.165) is 51.3 Å². The van der Waals surface area contributed by atoms with Gasteiger partial charge in [-0.1, -0.05) is 0 Å². The van der Waals surface area contributed by atoms with Crippen LogP contribution in [0.3, 0.4) is 0 Å². The molecule has 152 valence electrons. The van der Waals surface area contributed by atoms with Gasteiger partial charge in [-0.3, -0.25) is 9.79 Å². The van der Waals surface area contributed by atoms with Crippen LogP contribution in [0.15, 0.2) is 4.99 Å². The summed E-state index contributed by atoms with van der Waals surface area (Å²) in [4.78, 5) is 18.1. The predicted octanol–water partition coefficient (Wildman–Crippen LogP) is 0.581. The highest BCUT2D eigenvalue weighted by Gasteiger charge is 2.31. The molecule has 26 heavy (non-hydrogen) atoms. The van der Waals surface area contributed by atoms with E-state index < -0.39 is 10.0 Å². The van der Waals surface area contributed by atoms with Crippen LogP contribution in [-0.2, 0) is 14.8 Å². The number of nitrogens with zero attached hydrogens (tertiary/aromatic N) is 3. The minimum Gasteiger partial charge on any atom is -0.370 e. The van der Waals surface area contributed by atoms with Crippen LogP contribution in [0.4, 0.5) is 0 Å². The van der Waals surface area contributed by atoms with E-state index in [1.807, 2.05) is 6.92 Å². The first kappa shape index (κ1) is 23.4. The zero-order valence-electron chi connectivity index (χ0n) is 15.7. The largest absolute Gasteiger partial charge is 0.370 e. The molecule has 2 aliphatic rings. The number of guanidine groups is 1. The van der Waals surface area contributed by atoms with Crippen LogP contribution in [-0.4, -0.2) is 74.5 Å². The molecule has 0 bridgehead atoms. The molecule has 0 aromatic carbocycles. The Balaban J connectivity index is 0.00000338. The summed E-state index contributed by atoms with van der Waals surface area (Å²) in [5, 5.41) is 3.30. The first-order valence-corrected chi connectivity index (χ1v) is 10.9. The first-order valence-electron chi connectivity index (χ1n) is 9.09. The molecule has 0 spiro atoms. The molecule has 2 rings (SSSR count). The summed E-state index contributed by atoms with van der Waals surface area (Å²) in [5.41, 5.74) is 5.34. The average Bonchev–Trinajstić information content (AvgIpc) is 3.00. The van der Waals surface area contributed by atoms with Gasteiger partial charge in [0.25, 0.3) is 0 Å². The topological polar surface area (TPSA) is 108 Å². The van der Waals surface area contributed by atoms with E-state index in [0.29, 0.717) is 19.5 Å². The van der Waals surface area contributed by atoms with Crippen LogP contribution >= 0.6 is 24.0 Å². The minimum absolute atomic E-state index is 0. The second kappa shape index (κ2) is 10.6. The molecule has 3 N–H and O–H groups in total. The Morgan fingerprint density at radius 2 is 1.96 bits per heavy atom. The fourth-order valence-corrected chi connectivity index (χ4v) is 4.93. The van der Waals surface area contributed by atoms with Crippen LogP contribution in [0.25, 0.3) is 0 Å². The molecule has 1 amide bonds. The molecule has 1 unspecified atom stereocenters. The first-order chi connectivity index (χ1) is 11.8. The van der Waals surface area contributed by atoms with Crippen molar-refractivity contribution in [3.8, 4) is 0 Å². The predicted molar refractivity (Wildman–Crippen MR) is 114 cm³/mol. The summed E-state index contributed by atoms with van der Waals surface area (Å²) in [6.45, 7) is 5.46. The molecule has 0 aromatic heterocycles. The molecule has 2 atom stereocenters. The van der Waals surface area contributed by atoms with Gasteiger partial charge in [-0.2, -0.15) is 4.31 Å². The smallest absolute Gasteiger partial charge is 0.217 e. The highest BCUT2D eigenvalue weighted by Crippen LogP contribution is 2.22. The number of rotatable bonds is 6. The minimum atomic E-state index is -3.18. The number of carbonyl (C=O) groups is 1. The van der Waals surface area contributed by atoms with E-state index in [2.05, 4.69) is 10.2 Å². The van der Waals surface area contributed by atoms with E-state index in [4.69, 9.17) is 10.7 Å². The van der Waals surface area contributed by atoms with Crippen molar-refractivity contribution >= 4 is 45.9 Å². The van der Waals surface area contributed by atoms with Gasteiger partial charge in [0.15, 0.2) is 5.96 Å². The van der Waals surface area contributed by atoms with Crippen molar-refractivity contribution in [2.45, 2.75) is 45.1 Å². The number of nitrogens with two attached hydrogens (primary N) is 1. The average molecular weight is 501 g/mol. The number of hydrogen-bond donors (Lipinski definition) is 2. The fraction of sp³-hybridized carbons (Fsp3) is 0.875. The van der Waals surface area contributed by atoms with Crippen LogP contribution in [0.5, 0.6) is 0 Å². The number of nitrogens with one attached hydrogen (secondary N) is 1. The lowest BCUT2D eigenvalue weighted by Gasteiger charge is -2.35. The fourth-order valence-electron chi connectivity index (χ4n) is 3.75. The number of carbonyl (C=O) groups excluding carboxylic acids is 1. The molecule has 0 radical (unpaired) electrons. The quantitative estimate of drug-likeness (QED) is 0.315. The van der Waals surface area contributed by atoms with Gasteiger partial charge >= 0.3 is 0 Å². The van der Waals surface area contributed by atoms with Crippen LogP contribution in [0.2, 0.25) is 0 Å². The number of piperidine rings is 1. The molecule has 0 saturated carbocycles. The summed E-state index contributed by atoms with van der Waals surface area (Å²) in [5.74, 6) is 0.801. The second-order valence-electron chi connectivity index (χ2n) is 6.99. The number of halogens is 1. The Morgan fingerprint density at radius 3 is 2.58 bits per heavy atom. The number of primary amides is 1. The summed E-state index contributed by atoms with van der Waals surface area (Å²) < 4.78 is 25.3. The number of sulfonamides is 1. The molecule has 0 aromatic rings. The Labute approximate surface area is 174 Å². The van der Waals surface area contributed by atoms with E-state index >= 15 is 0 Å². The van der Waals surface area contributed by atoms with Gasteiger partial charge in [0.2, 0.25) is 15.9 Å². The van der Waals surface area contributed by atoms with Gasteiger partial charge in [0.1, 0.15) is 0 Å². The number of likely N-dealkylation sites (tertiary alicyclic amines) is 1. The molecule has 2 saturated heterocycles. The van der Waals surface area contributed by atoms with Gasteiger partial charge in [0.05, 0.1) is 12.8 Å². The lowest BCUT2D eigenvalue weighted by molar-refractivity contribution is -0.119. The van der Waals surface area contributed by atoms with Crippen molar-refractivity contribution in [2.24, 2.45) is 16.6 Å². The lowest BCUT2D eigenvalue weighted by atomic mass is 9.95. The molecule has 0 aliphatic carbocycles. The van der Waals surface area contributed by atoms with E-state index in [1.165, 1.54) is 6.26 Å². The van der Waals surface area contributed by atoms with Crippen LogP contribution in [0.1, 0.15) is 39.0 Å². The summed E-state index contributed by atoms with van der Waals surface area (Å²) in [6.07, 6.45) is 5.40. The zero-order chi connectivity index (χ0) is 18.4. The van der Waals surface area contributed by atoms with E-state index in [-0.39, 0.29) is 41.8 Å². The maximum absolute atomic E-state index is 11.9. The van der Waals surface area contributed by atoms with Crippen molar-refractivity contribution in [1.29, 1.82) is 0 Å². The molecule has 2 aliphatic heterocycles. The molecule has 2 fully saturated rings. The Morgan fingerprint density at radius 1 is 1.27 bits per heavy atom. The Bertz CT molecular complexity index is 599. The monoisotopic (exact) mass is 501 g/mol. The van der Waals surface area contributed by atoms with Gasteiger partial charge in [-0.25, -0.2) is 8.42 Å². The van der Waals surface area contributed by atoms with Gasteiger partial charge in [-0.15, -0.1) is 24.0 Å². The number of aliphatic imine (C=N–C) groups is 1. The maximum atomic E-state index is 11.9.